The lowest BCUT2D eigenvalue weighted by Gasteiger charge is -2.02. The molecule has 0 unspecified atom stereocenters. The van der Waals surface area contributed by atoms with Gasteiger partial charge in [0.15, 0.2) is 5.69 Å². The van der Waals surface area contributed by atoms with Crippen LogP contribution in [-0.4, -0.2) is 20.7 Å². The molecule has 0 saturated carbocycles. The predicted octanol–water partition coefficient (Wildman–Crippen LogP) is 2.43. The van der Waals surface area contributed by atoms with Gasteiger partial charge in [0.25, 0.3) is 5.91 Å². The lowest BCUT2D eigenvalue weighted by Crippen LogP contribution is -2.15. The van der Waals surface area contributed by atoms with Crippen molar-refractivity contribution in [2.24, 2.45) is 7.05 Å². The molecule has 0 saturated heterocycles. The summed E-state index contributed by atoms with van der Waals surface area (Å²) in [6, 6.07) is 3.53. The molecule has 0 aromatic carbocycles. The fourth-order valence-electron chi connectivity index (χ4n) is 1.24. The van der Waals surface area contributed by atoms with Crippen LogP contribution in [-0.2, 0) is 7.05 Å². The van der Waals surface area contributed by atoms with E-state index in [0.717, 1.165) is 8.04 Å². The summed E-state index contributed by atoms with van der Waals surface area (Å²) in [5.74, 6) is 0.240. The van der Waals surface area contributed by atoms with Crippen LogP contribution in [0, 0.1) is 3.57 Å². The van der Waals surface area contributed by atoms with Crippen molar-refractivity contribution >= 4 is 50.2 Å². The van der Waals surface area contributed by atoms with Crippen molar-refractivity contribution in [3.8, 4) is 0 Å². The maximum atomic E-state index is 11.9. The Morgan fingerprint density at radius 1 is 1.53 bits per heavy atom. The number of halogens is 2. The fraction of sp³-hybridized carbons (Fsp3) is 0.100. The largest absolute Gasteiger partial charge is 0.305 e. The summed E-state index contributed by atoms with van der Waals surface area (Å²) >= 11 is 5.35. The monoisotopic (exact) mass is 406 g/mol. The van der Waals surface area contributed by atoms with Crippen LogP contribution in [0.4, 0.5) is 5.82 Å². The standard InChI is InChI=1S/C10H8BrIN4O/c1-16-5-7(12)9(15-16)10(17)14-8-3-2-6(11)4-13-8/h2-5H,1H3,(H,13,14,17). The second kappa shape index (κ2) is 5.13. The zero-order valence-electron chi connectivity index (χ0n) is 8.82. The van der Waals surface area contributed by atoms with Crippen LogP contribution < -0.4 is 5.32 Å². The molecule has 0 aliphatic rings. The number of hydrogen-bond donors (Lipinski definition) is 1. The Labute approximate surface area is 120 Å². The van der Waals surface area contributed by atoms with Gasteiger partial charge in [-0.25, -0.2) is 4.98 Å². The Balaban J connectivity index is 2.17. The summed E-state index contributed by atoms with van der Waals surface area (Å²) in [6.45, 7) is 0. The lowest BCUT2D eigenvalue weighted by molar-refractivity contribution is 0.102. The number of nitrogens with zero attached hydrogens (tertiary/aromatic N) is 3. The topological polar surface area (TPSA) is 59.8 Å². The summed E-state index contributed by atoms with van der Waals surface area (Å²) in [4.78, 5) is 16.0. The van der Waals surface area contributed by atoms with Gasteiger partial charge in [0.1, 0.15) is 5.82 Å². The van der Waals surface area contributed by atoms with Crippen molar-refractivity contribution in [3.63, 3.8) is 0 Å². The van der Waals surface area contributed by atoms with E-state index in [-0.39, 0.29) is 5.91 Å². The average Bonchev–Trinajstić information content (AvgIpc) is 2.61. The first kappa shape index (κ1) is 12.5. The molecule has 1 amide bonds. The molecule has 0 spiro atoms. The zero-order valence-corrected chi connectivity index (χ0v) is 12.6. The van der Waals surface area contributed by atoms with Gasteiger partial charge in [-0.2, -0.15) is 5.10 Å². The van der Waals surface area contributed by atoms with Crippen LogP contribution in [0.3, 0.4) is 0 Å². The van der Waals surface area contributed by atoms with Gasteiger partial charge in [-0.05, 0) is 50.7 Å². The summed E-state index contributed by atoms with van der Waals surface area (Å²) in [7, 11) is 1.77. The smallest absolute Gasteiger partial charge is 0.278 e. The van der Waals surface area contributed by atoms with Crippen LogP contribution in [0.15, 0.2) is 29.0 Å². The third-order valence-electron chi connectivity index (χ3n) is 1.97. The molecule has 7 heteroatoms. The molecule has 2 aromatic heterocycles. The van der Waals surface area contributed by atoms with Gasteiger partial charge >= 0.3 is 0 Å². The molecule has 1 N–H and O–H groups in total. The SMILES string of the molecule is Cn1cc(I)c(C(=O)Nc2ccc(Br)cn2)n1. The van der Waals surface area contributed by atoms with E-state index in [9.17, 15) is 4.79 Å². The summed E-state index contributed by atoms with van der Waals surface area (Å²) in [6.07, 6.45) is 3.41. The number of aromatic nitrogens is 3. The summed E-state index contributed by atoms with van der Waals surface area (Å²) in [5.41, 5.74) is 0.401. The van der Waals surface area contributed by atoms with Crippen molar-refractivity contribution in [1.29, 1.82) is 0 Å². The van der Waals surface area contributed by atoms with E-state index < -0.39 is 0 Å². The number of hydrogen-bond acceptors (Lipinski definition) is 3. The Morgan fingerprint density at radius 3 is 2.82 bits per heavy atom. The van der Waals surface area contributed by atoms with Crippen LogP contribution in [0.5, 0.6) is 0 Å². The number of nitrogens with one attached hydrogen (secondary N) is 1. The Morgan fingerprint density at radius 2 is 2.29 bits per heavy atom. The van der Waals surface area contributed by atoms with Gasteiger partial charge in [-0.15, -0.1) is 0 Å². The highest BCUT2D eigenvalue weighted by Gasteiger charge is 2.14. The normalized spacial score (nSPS) is 10.3. The maximum absolute atomic E-state index is 11.9. The Bertz CT molecular complexity index is 552. The van der Waals surface area contributed by atoms with Gasteiger partial charge in [-0.1, -0.05) is 0 Å². The van der Waals surface area contributed by atoms with Gasteiger partial charge in [0.05, 0.1) is 3.57 Å². The van der Waals surface area contributed by atoms with E-state index >= 15 is 0 Å². The van der Waals surface area contributed by atoms with E-state index in [2.05, 4.69) is 53.9 Å². The zero-order chi connectivity index (χ0) is 12.4. The number of rotatable bonds is 2. The van der Waals surface area contributed by atoms with E-state index in [4.69, 9.17) is 0 Å². The van der Waals surface area contributed by atoms with Crippen LogP contribution >= 0.6 is 38.5 Å². The minimum absolute atomic E-state index is 0.259. The average molecular weight is 407 g/mol. The molecule has 2 aromatic rings. The minimum Gasteiger partial charge on any atom is -0.305 e. The third-order valence-corrected chi connectivity index (χ3v) is 3.23. The minimum atomic E-state index is -0.259. The molecule has 0 bridgehead atoms. The first-order valence-corrected chi connectivity index (χ1v) is 6.55. The van der Waals surface area contributed by atoms with Crippen molar-refractivity contribution in [1.82, 2.24) is 14.8 Å². The van der Waals surface area contributed by atoms with Gasteiger partial charge in [0.2, 0.25) is 0 Å². The summed E-state index contributed by atoms with van der Waals surface area (Å²) in [5, 5.41) is 6.77. The predicted molar refractivity (Wildman–Crippen MR) is 75.8 cm³/mol. The molecule has 17 heavy (non-hydrogen) atoms. The number of aryl methyl sites for hydroxylation is 1. The Hall–Kier alpha value is -0.960. The Kier molecular flexibility index (Phi) is 3.77. The first-order valence-electron chi connectivity index (χ1n) is 4.68. The highest BCUT2D eigenvalue weighted by Crippen LogP contribution is 2.13. The van der Waals surface area contributed by atoms with Crippen molar-refractivity contribution in [2.75, 3.05) is 5.32 Å². The van der Waals surface area contributed by atoms with E-state index in [1.807, 2.05) is 6.07 Å². The molecule has 2 heterocycles. The first-order chi connectivity index (χ1) is 8.06. The lowest BCUT2D eigenvalue weighted by atomic mass is 10.4. The number of carbonyl (C=O) groups excluding carboxylic acids is 1. The molecule has 0 fully saturated rings. The number of pyridine rings is 1. The number of amides is 1. The second-order valence-corrected chi connectivity index (χ2v) is 5.39. The highest BCUT2D eigenvalue weighted by molar-refractivity contribution is 14.1. The quantitative estimate of drug-likeness (QED) is 0.779. The molecule has 88 valence electrons. The second-order valence-electron chi connectivity index (χ2n) is 3.32. The molecule has 0 aliphatic heterocycles. The van der Waals surface area contributed by atoms with Crippen molar-refractivity contribution in [2.45, 2.75) is 0 Å². The molecule has 2 rings (SSSR count). The summed E-state index contributed by atoms with van der Waals surface area (Å²) < 4.78 is 3.27. The molecule has 5 nitrogen and oxygen atoms in total. The van der Waals surface area contributed by atoms with E-state index in [1.54, 1.807) is 30.2 Å². The van der Waals surface area contributed by atoms with Crippen LogP contribution in [0.2, 0.25) is 0 Å². The molecular formula is C10H8BrIN4O. The van der Waals surface area contributed by atoms with Crippen molar-refractivity contribution < 1.29 is 4.79 Å². The van der Waals surface area contributed by atoms with Gasteiger partial charge < -0.3 is 5.32 Å². The van der Waals surface area contributed by atoms with Gasteiger partial charge in [0, 0.05) is 23.9 Å². The molecule has 0 radical (unpaired) electrons. The molecular weight excluding hydrogens is 399 g/mol. The maximum Gasteiger partial charge on any atom is 0.278 e. The number of carbonyl (C=O) groups is 1. The van der Waals surface area contributed by atoms with Crippen LogP contribution in [0.25, 0.3) is 0 Å². The van der Waals surface area contributed by atoms with Crippen molar-refractivity contribution in [3.05, 3.63) is 38.3 Å². The fourth-order valence-corrected chi connectivity index (χ4v) is 2.23. The third kappa shape index (κ3) is 3.03. The molecule has 0 aliphatic carbocycles. The number of anilines is 1. The van der Waals surface area contributed by atoms with Crippen LogP contribution in [0.1, 0.15) is 10.5 Å². The van der Waals surface area contributed by atoms with E-state index in [1.165, 1.54) is 0 Å². The van der Waals surface area contributed by atoms with Gasteiger partial charge in [-0.3, -0.25) is 9.48 Å². The molecule has 0 atom stereocenters. The van der Waals surface area contributed by atoms with E-state index in [0.29, 0.717) is 11.5 Å². The highest BCUT2D eigenvalue weighted by atomic mass is 127.